The van der Waals surface area contributed by atoms with Crippen LogP contribution in [0.3, 0.4) is 0 Å². The molecule has 102 valence electrons. The van der Waals surface area contributed by atoms with E-state index in [0.29, 0.717) is 6.61 Å². The van der Waals surface area contributed by atoms with E-state index in [1.165, 1.54) is 18.3 Å². The van der Waals surface area contributed by atoms with Gasteiger partial charge >= 0.3 is 0 Å². The van der Waals surface area contributed by atoms with E-state index in [2.05, 4.69) is 9.71 Å². The second kappa shape index (κ2) is 5.97. The van der Waals surface area contributed by atoms with Gasteiger partial charge < -0.3 is 4.74 Å². The Morgan fingerprint density at radius 1 is 1.50 bits per heavy atom. The second-order valence-electron chi connectivity index (χ2n) is 4.33. The first-order valence-corrected chi connectivity index (χ1v) is 7.38. The molecular formula is C11H17ClN2O3S. The molecule has 0 fully saturated rings. The average molecular weight is 293 g/mol. The van der Waals surface area contributed by atoms with E-state index in [9.17, 15) is 8.42 Å². The van der Waals surface area contributed by atoms with Crippen molar-refractivity contribution < 1.29 is 13.2 Å². The molecule has 0 unspecified atom stereocenters. The molecule has 0 atom stereocenters. The van der Waals surface area contributed by atoms with E-state index in [0.717, 1.165) is 0 Å². The minimum absolute atomic E-state index is 0.0924. The van der Waals surface area contributed by atoms with Crippen molar-refractivity contribution in [3.05, 3.63) is 23.5 Å². The predicted molar refractivity (Wildman–Crippen MR) is 70.1 cm³/mol. The highest BCUT2D eigenvalue weighted by Gasteiger charge is 2.22. The van der Waals surface area contributed by atoms with Gasteiger partial charge in [-0.05, 0) is 32.9 Å². The predicted octanol–water partition coefficient (Wildman–Crippen LogP) is 1.83. The number of hydrogen-bond acceptors (Lipinski definition) is 4. The number of sulfonamides is 1. The molecule has 1 rings (SSSR count). The standard InChI is InChI=1S/C11H17ClN2O3S/c1-4-17-11(2,3)8-14-18(15,16)9-5-6-13-10(12)7-9/h5-7,14H,4,8H2,1-3H3. The Bertz CT molecular complexity index is 503. The number of halogens is 1. The second-order valence-corrected chi connectivity index (χ2v) is 6.49. The summed E-state index contributed by atoms with van der Waals surface area (Å²) >= 11 is 5.66. The van der Waals surface area contributed by atoms with Crippen LogP contribution in [0.5, 0.6) is 0 Å². The summed E-state index contributed by atoms with van der Waals surface area (Å²) in [6, 6.07) is 2.69. The summed E-state index contributed by atoms with van der Waals surface area (Å²) in [5, 5.41) is 0.141. The number of rotatable bonds is 6. The molecule has 0 radical (unpaired) electrons. The van der Waals surface area contributed by atoms with E-state index in [-0.39, 0.29) is 16.6 Å². The normalized spacial score (nSPS) is 12.7. The summed E-state index contributed by atoms with van der Waals surface area (Å²) < 4.78 is 31.9. The van der Waals surface area contributed by atoms with Gasteiger partial charge in [-0.15, -0.1) is 0 Å². The number of aromatic nitrogens is 1. The highest BCUT2D eigenvalue weighted by atomic mass is 35.5. The highest BCUT2D eigenvalue weighted by molar-refractivity contribution is 7.89. The Balaban J connectivity index is 2.78. The van der Waals surface area contributed by atoms with Gasteiger partial charge in [0.15, 0.2) is 0 Å². The molecule has 0 aliphatic heterocycles. The summed E-state index contributed by atoms with van der Waals surface area (Å²) in [6.45, 7) is 6.20. The molecule has 0 amide bonds. The number of hydrogen-bond donors (Lipinski definition) is 1. The largest absolute Gasteiger partial charge is 0.375 e. The lowest BCUT2D eigenvalue weighted by atomic mass is 10.1. The third-order valence-corrected chi connectivity index (χ3v) is 3.84. The molecule has 0 saturated carbocycles. The molecule has 0 spiro atoms. The smallest absolute Gasteiger partial charge is 0.240 e. The van der Waals surface area contributed by atoms with Crippen molar-refractivity contribution in [2.24, 2.45) is 0 Å². The molecule has 0 saturated heterocycles. The quantitative estimate of drug-likeness (QED) is 0.812. The molecule has 7 heteroatoms. The van der Waals surface area contributed by atoms with Gasteiger partial charge in [0.2, 0.25) is 10.0 Å². The molecule has 1 aromatic rings. The van der Waals surface area contributed by atoms with E-state index >= 15 is 0 Å². The first-order valence-electron chi connectivity index (χ1n) is 5.52. The van der Waals surface area contributed by atoms with Crippen molar-refractivity contribution in [2.75, 3.05) is 13.2 Å². The molecule has 0 aliphatic rings. The summed E-state index contributed by atoms with van der Waals surface area (Å²) in [4.78, 5) is 3.83. The molecule has 0 aliphatic carbocycles. The monoisotopic (exact) mass is 292 g/mol. The summed E-state index contributed by atoms with van der Waals surface area (Å²) in [6.07, 6.45) is 1.35. The van der Waals surface area contributed by atoms with Crippen molar-refractivity contribution in [1.82, 2.24) is 9.71 Å². The van der Waals surface area contributed by atoms with Crippen LogP contribution in [0.2, 0.25) is 5.15 Å². The van der Waals surface area contributed by atoms with Gasteiger partial charge in [0.1, 0.15) is 5.15 Å². The number of ether oxygens (including phenoxy) is 1. The van der Waals surface area contributed by atoms with Crippen molar-refractivity contribution in [3.63, 3.8) is 0 Å². The molecule has 0 aromatic carbocycles. The van der Waals surface area contributed by atoms with Crippen molar-refractivity contribution in [2.45, 2.75) is 31.3 Å². The molecule has 5 nitrogen and oxygen atoms in total. The molecule has 1 N–H and O–H groups in total. The zero-order valence-electron chi connectivity index (χ0n) is 10.6. The third-order valence-electron chi connectivity index (χ3n) is 2.23. The molecule has 0 bridgehead atoms. The van der Waals surface area contributed by atoms with Gasteiger partial charge in [-0.1, -0.05) is 11.6 Å². The van der Waals surface area contributed by atoms with Crippen LogP contribution in [0.4, 0.5) is 0 Å². The number of pyridine rings is 1. The minimum Gasteiger partial charge on any atom is -0.375 e. The fourth-order valence-electron chi connectivity index (χ4n) is 1.35. The van der Waals surface area contributed by atoms with Crippen molar-refractivity contribution in [3.8, 4) is 0 Å². The maximum Gasteiger partial charge on any atom is 0.240 e. The van der Waals surface area contributed by atoms with Crippen LogP contribution in [0.1, 0.15) is 20.8 Å². The zero-order chi connectivity index (χ0) is 13.8. The van der Waals surface area contributed by atoms with Gasteiger partial charge in [0, 0.05) is 19.3 Å². The summed E-state index contributed by atoms with van der Waals surface area (Å²) in [5.41, 5.74) is -0.557. The van der Waals surface area contributed by atoms with Gasteiger partial charge in [-0.3, -0.25) is 0 Å². The van der Waals surface area contributed by atoms with E-state index < -0.39 is 15.6 Å². The van der Waals surface area contributed by atoms with E-state index in [1.807, 2.05) is 20.8 Å². The molecular weight excluding hydrogens is 276 g/mol. The number of nitrogens with zero attached hydrogens (tertiary/aromatic N) is 1. The fourth-order valence-corrected chi connectivity index (χ4v) is 2.80. The van der Waals surface area contributed by atoms with Crippen molar-refractivity contribution in [1.29, 1.82) is 0 Å². The van der Waals surface area contributed by atoms with Crippen LogP contribution < -0.4 is 4.72 Å². The summed E-state index contributed by atoms with van der Waals surface area (Å²) in [5.74, 6) is 0. The van der Waals surface area contributed by atoms with Crippen LogP contribution in [0, 0.1) is 0 Å². The zero-order valence-corrected chi connectivity index (χ0v) is 12.2. The lowest BCUT2D eigenvalue weighted by molar-refractivity contribution is -0.00515. The Morgan fingerprint density at radius 2 is 2.17 bits per heavy atom. The molecule has 18 heavy (non-hydrogen) atoms. The Morgan fingerprint density at radius 3 is 2.72 bits per heavy atom. The van der Waals surface area contributed by atoms with Gasteiger partial charge in [-0.2, -0.15) is 0 Å². The highest BCUT2D eigenvalue weighted by Crippen LogP contribution is 2.14. The third kappa shape index (κ3) is 4.53. The van der Waals surface area contributed by atoms with Crippen molar-refractivity contribution >= 4 is 21.6 Å². The van der Waals surface area contributed by atoms with Crippen LogP contribution in [0.25, 0.3) is 0 Å². The topological polar surface area (TPSA) is 68.3 Å². The summed E-state index contributed by atoms with van der Waals surface area (Å²) in [7, 11) is -3.59. The van der Waals surface area contributed by atoms with Gasteiger partial charge in [-0.25, -0.2) is 18.1 Å². The van der Waals surface area contributed by atoms with Gasteiger partial charge in [0.25, 0.3) is 0 Å². The van der Waals surface area contributed by atoms with Crippen LogP contribution in [0.15, 0.2) is 23.2 Å². The average Bonchev–Trinajstić information content (AvgIpc) is 2.27. The van der Waals surface area contributed by atoms with E-state index in [4.69, 9.17) is 16.3 Å². The lowest BCUT2D eigenvalue weighted by Gasteiger charge is -2.24. The van der Waals surface area contributed by atoms with Gasteiger partial charge in [0.05, 0.1) is 10.5 Å². The first kappa shape index (κ1) is 15.4. The maximum atomic E-state index is 12.0. The fraction of sp³-hybridized carbons (Fsp3) is 0.545. The van der Waals surface area contributed by atoms with Crippen LogP contribution in [-0.4, -0.2) is 32.2 Å². The molecule has 1 aromatic heterocycles. The number of nitrogens with one attached hydrogen (secondary N) is 1. The molecule has 1 heterocycles. The Labute approximate surface area is 113 Å². The maximum absolute atomic E-state index is 12.0. The minimum atomic E-state index is -3.59. The SMILES string of the molecule is CCOC(C)(C)CNS(=O)(=O)c1ccnc(Cl)c1. The lowest BCUT2D eigenvalue weighted by Crippen LogP contribution is -2.40. The Hall–Kier alpha value is -0.690. The Kier molecular flexibility index (Phi) is 5.10. The first-order chi connectivity index (χ1) is 8.27. The van der Waals surface area contributed by atoms with Crippen LogP contribution in [-0.2, 0) is 14.8 Å². The van der Waals surface area contributed by atoms with Crippen LogP contribution >= 0.6 is 11.6 Å². The van der Waals surface area contributed by atoms with E-state index in [1.54, 1.807) is 0 Å².